The standard InChI is InChI=1S/C48H31NO2/c1-2-11-35(12-3-1)49(36-26-21-32(22-27-36)34-25-30-47-44(31-34)41-16-7-8-19-45(41)50-47)37-28-23-33(24-29-37)38-13-4-5-14-39(38)42-17-10-18-43-40-15-6-9-20-46(40)51-48(42)43/h1-31H. The Morgan fingerprint density at radius 2 is 0.804 bits per heavy atom. The zero-order valence-corrected chi connectivity index (χ0v) is 27.7. The molecule has 51 heavy (non-hydrogen) atoms. The molecule has 0 atom stereocenters. The second-order valence-corrected chi connectivity index (χ2v) is 12.9. The van der Waals surface area contributed by atoms with Crippen molar-refractivity contribution >= 4 is 60.9 Å². The lowest BCUT2D eigenvalue weighted by molar-refractivity contribution is 0.669. The summed E-state index contributed by atoms with van der Waals surface area (Å²) in [6.07, 6.45) is 0. The number of benzene rings is 8. The number of furan rings is 2. The largest absolute Gasteiger partial charge is 0.456 e. The van der Waals surface area contributed by atoms with E-state index < -0.39 is 0 Å². The van der Waals surface area contributed by atoms with Gasteiger partial charge in [0.15, 0.2) is 0 Å². The van der Waals surface area contributed by atoms with Crippen molar-refractivity contribution in [2.75, 3.05) is 4.90 Å². The summed E-state index contributed by atoms with van der Waals surface area (Å²) in [4.78, 5) is 2.31. The molecule has 8 aromatic carbocycles. The Morgan fingerprint density at radius 1 is 0.294 bits per heavy atom. The van der Waals surface area contributed by atoms with E-state index >= 15 is 0 Å². The van der Waals surface area contributed by atoms with Crippen LogP contribution in [0.25, 0.3) is 77.3 Å². The van der Waals surface area contributed by atoms with Gasteiger partial charge in [0.2, 0.25) is 0 Å². The minimum absolute atomic E-state index is 0.906. The monoisotopic (exact) mass is 653 g/mol. The van der Waals surface area contributed by atoms with Gasteiger partial charge in [-0.3, -0.25) is 0 Å². The average Bonchev–Trinajstić information content (AvgIpc) is 3.77. The third kappa shape index (κ3) is 4.98. The Morgan fingerprint density at radius 3 is 1.55 bits per heavy atom. The maximum atomic E-state index is 6.44. The predicted octanol–water partition coefficient (Wildman–Crippen LogP) is 14.0. The molecule has 0 fully saturated rings. The van der Waals surface area contributed by atoms with Gasteiger partial charge in [0, 0.05) is 44.2 Å². The fourth-order valence-corrected chi connectivity index (χ4v) is 7.45. The fraction of sp³-hybridized carbons (Fsp3) is 0. The molecule has 0 amide bonds. The zero-order valence-electron chi connectivity index (χ0n) is 27.7. The van der Waals surface area contributed by atoms with E-state index in [1.807, 2.05) is 24.3 Å². The van der Waals surface area contributed by atoms with E-state index in [1.165, 1.54) is 0 Å². The minimum atomic E-state index is 0.906. The number of anilines is 3. The van der Waals surface area contributed by atoms with Crippen molar-refractivity contribution in [1.82, 2.24) is 0 Å². The molecule has 0 saturated heterocycles. The first kappa shape index (κ1) is 29.1. The van der Waals surface area contributed by atoms with Crippen LogP contribution in [0, 0.1) is 0 Å². The van der Waals surface area contributed by atoms with Gasteiger partial charge in [-0.05, 0) is 88.5 Å². The van der Waals surface area contributed by atoms with E-state index in [1.54, 1.807) is 0 Å². The van der Waals surface area contributed by atoms with Gasteiger partial charge in [0.1, 0.15) is 22.3 Å². The SMILES string of the molecule is c1ccc(N(c2ccc(-c3ccc4oc5ccccc5c4c3)cc2)c2ccc(-c3ccccc3-c3cccc4c3oc3ccccc34)cc2)cc1. The Kier molecular flexibility index (Phi) is 6.81. The molecule has 0 N–H and O–H groups in total. The first-order valence-corrected chi connectivity index (χ1v) is 17.3. The van der Waals surface area contributed by atoms with Gasteiger partial charge in [-0.25, -0.2) is 0 Å². The van der Waals surface area contributed by atoms with Crippen LogP contribution in [0.4, 0.5) is 17.1 Å². The Balaban J connectivity index is 1.02. The van der Waals surface area contributed by atoms with Crippen LogP contribution in [0.3, 0.4) is 0 Å². The molecule has 0 aliphatic heterocycles. The summed E-state index contributed by atoms with van der Waals surface area (Å²) in [6.45, 7) is 0. The summed E-state index contributed by atoms with van der Waals surface area (Å²) in [6, 6.07) is 66.2. The predicted molar refractivity (Wildman–Crippen MR) is 212 cm³/mol. The first-order chi connectivity index (χ1) is 25.3. The van der Waals surface area contributed by atoms with E-state index in [-0.39, 0.29) is 0 Å². The third-order valence-electron chi connectivity index (χ3n) is 9.91. The molecule has 10 aromatic rings. The summed E-state index contributed by atoms with van der Waals surface area (Å²) in [5.74, 6) is 0. The molecule has 2 aromatic heterocycles. The fourth-order valence-electron chi connectivity index (χ4n) is 7.45. The van der Waals surface area contributed by atoms with Crippen LogP contribution in [0.1, 0.15) is 0 Å². The second kappa shape index (κ2) is 11.9. The highest BCUT2D eigenvalue weighted by Gasteiger charge is 2.17. The molecular formula is C48H31NO2. The highest BCUT2D eigenvalue weighted by atomic mass is 16.3. The Bertz CT molecular complexity index is 2840. The highest BCUT2D eigenvalue weighted by molar-refractivity contribution is 6.10. The topological polar surface area (TPSA) is 29.5 Å². The molecule has 3 heteroatoms. The maximum absolute atomic E-state index is 6.44. The van der Waals surface area contributed by atoms with Crippen molar-refractivity contribution in [3.8, 4) is 33.4 Å². The normalized spacial score (nSPS) is 11.5. The molecule has 0 unspecified atom stereocenters. The summed E-state index contributed by atoms with van der Waals surface area (Å²) >= 11 is 0. The van der Waals surface area contributed by atoms with Crippen molar-refractivity contribution in [1.29, 1.82) is 0 Å². The van der Waals surface area contributed by atoms with Crippen LogP contribution in [-0.4, -0.2) is 0 Å². The lowest BCUT2D eigenvalue weighted by Gasteiger charge is -2.26. The molecule has 2 heterocycles. The van der Waals surface area contributed by atoms with Crippen LogP contribution in [0.2, 0.25) is 0 Å². The van der Waals surface area contributed by atoms with E-state index in [4.69, 9.17) is 8.83 Å². The lowest BCUT2D eigenvalue weighted by Crippen LogP contribution is -2.09. The van der Waals surface area contributed by atoms with E-state index in [2.05, 4.69) is 169 Å². The van der Waals surface area contributed by atoms with Gasteiger partial charge >= 0.3 is 0 Å². The van der Waals surface area contributed by atoms with Gasteiger partial charge in [0.25, 0.3) is 0 Å². The number of fused-ring (bicyclic) bond motifs is 6. The van der Waals surface area contributed by atoms with E-state index in [0.29, 0.717) is 0 Å². The van der Waals surface area contributed by atoms with Crippen LogP contribution >= 0.6 is 0 Å². The highest BCUT2D eigenvalue weighted by Crippen LogP contribution is 2.42. The molecule has 10 rings (SSSR count). The molecule has 0 saturated carbocycles. The number of rotatable bonds is 6. The lowest BCUT2D eigenvalue weighted by atomic mass is 9.93. The van der Waals surface area contributed by atoms with Gasteiger partial charge in [-0.1, -0.05) is 127 Å². The van der Waals surface area contributed by atoms with E-state index in [0.717, 1.165) is 94.3 Å². The number of nitrogens with zero attached hydrogens (tertiary/aromatic N) is 1. The Labute approximate surface area is 295 Å². The summed E-state index contributed by atoms with van der Waals surface area (Å²) < 4.78 is 12.5. The van der Waals surface area contributed by atoms with Gasteiger partial charge in [-0.15, -0.1) is 0 Å². The number of hydrogen-bond donors (Lipinski definition) is 0. The molecule has 0 spiro atoms. The van der Waals surface area contributed by atoms with Crippen LogP contribution in [0.15, 0.2) is 197 Å². The van der Waals surface area contributed by atoms with Crippen LogP contribution in [-0.2, 0) is 0 Å². The van der Waals surface area contributed by atoms with Gasteiger partial charge in [0.05, 0.1) is 0 Å². The smallest absolute Gasteiger partial charge is 0.143 e. The van der Waals surface area contributed by atoms with Crippen molar-refractivity contribution in [3.05, 3.63) is 188 Å². The van der Waals surface area contributed by atoms with E-state index in [9.17, 15) is 0 Å². The molecule has 0 bridgehead atoms. The van der Waals surface area contributed by atoms with Crippen LogP contribution in [0.5, 0.6) is 0 Å². The molecule has 3 nitrogen and oxygen atoms in total. The van der Waals surface area contributed by atoms with Crippen molar-refractivity contribution in [3.63, 3.8) is 0 Å². The molecule has 0 radical (unpaired) electrons. The zero-order chi connectivity index (χ0) is 33.7. The molecule has 0 aliphatic carbocycles. The van der Waals surface area contributed by atoms with Gasteiger partial charge in [-0.2, -0.15) is 0 Å². The van der Waals surface area contributed by atoms with Crippen molar-refractivity contribution in [2.45, 2.75) is 0 Å². The third-order valence-corrected chi connectivity index (χ3v) is 9.91. The van der Waals surface area contributed by atoms with Crippen molar-refractivity contribution in [2.24, 2.45) is 0 Å². The second-order valence-electron chi connectivity index (χ2n) is 12.9. The maximum Gasteiger partial charge on any atom is 0.143 e. The molecular weight excluding hydrogens is 623 g/mol. The quantitative estimate of drug-likeness (QED) is 0.179. The number of para-hydroxylation sites is 4. The average molecular weight is 654 g/mol. The number of hydrogen-bond acceptors (Lipinski definition) is 3. The molecule has 0 aliphatic rings. The molecule has 240 valence electrons. The van der Waals surface area contributed by atoms with Crippen LogP contribution < -0.4 is 4.90 Å². The minimum Gasteiger partial charge on any atom is -0.456 e. The van der Waals surface area contributed by atoms with Crippen molar-refractivity contribution < 1.29 is 8.83 Å². The summed E-state index contributed by atoms with van der Waals surface area (Å²) in [5, 5.41) is 4.54. The summed E-state index contributed by atoms with van der Waals surface area (Å²) in [7, 11) is 0. The Hall–Kier alpha value is -6.84. The van der Waals surface area contributed by atoms with Gasteiger partial charge < -0.3 is 13.7 Å². The summed E-state index contributed by atoms with van der Waals surface area (Å²) in [5.41, 5.74) is 13.8. The first-order valence-electron chi connectivity index (χ1n) is 17.3.